The highest BCUT2D eigenvalue weighted by atomic mass is 16.6. The zero-order chi connectivity index (χ0) is 51.8. The van der Waals surface area contributed by atoms with Crippen LogP contribution in [-0.4, -0.2) is 37.2 Å². The van der Waals surface area contributed by atoms with Crippen LogP contribution in [-0.2, 0) is 28.6 Å². The molecule has 0 radical (unpaired) electrons. The summed E-state index contributed by atoms with van der Waals surface area (Å²) in [4.78, 5) is 38.3. The van der Waals surface area contributed by atoms with Gasteiger partial charge >= 0.3 is 17.9 Å². The number of hydrogen-bond donors (Lipinski definition) is 0. The molecule has 0 saturated carbocycles. The number of unbranched alkanes of at least 4 members (excludes halogenated alkanes) is 42. The van der Waals surface area contributed by atoms with E-state index in [1.165, 1.54) is 257 Å². The minimum absolute atomic E-state index is 0.0623. The largest absolute Gasteiger partial charge is 0.462 e. The van der Waals surface area contributed by atoms with Crippen molar-refractivity contribution in [3.8, 4) is 0 Å². The Balaban J connectivity index is 4.24. The summed E-state index contributed by atoms with van der Waals surface area (Å²) >= 11 is 0. The Morgan fingerprint density at radius 3 is 0.732 bits per heavy atom. The monoisotopic (exact) mass is 1000 g/mol. The maximum absolute atomic E-state index is 12.9. The minimum atomic E-state index is -0.764. The van der Waals surface area contributed by atoms with Gasteiger partial charge in [-0.15, -0.1) is 0 Å². The standard InChI is InChI=1S/C65H126O6/c1-6-9-10-11-12-13-14-15-16-17-18-22-25-28-31-34-40-45-50-55-63(66)69-58-62(59-70-64(67)56-51-46-41-37-36-39-44-49-54-61(5)8-3)71-65(68)57-52-47-42-35-32-29-26-23-20-19-21-24-27-30-33-38-43-48-53-60(4)7-2/h60-62H,6-59H2,1-5H3/t60?,61?,62-/m1/s1. The molecule has 0 aliphatic carbocycles. The van der Waals surface area contributed by atoms with Gasteiger partial charge in [0.05, 0.1) is 0 Å². The van der Waals surface area contributed by atoms with Crippen LogP contribution in [0.1, 0.15) is 369 Å². The van der Waals surface area contributed by atoms with Crippen molar-refractivity contribution in [2.75, 3.05) is 13.2 Å². The van der Waals surface area contributed by atoms with Gasteiger partial charge in [0.15, 0.2) is 6.10 Å². The number of carbonyl (C=O) groups excluding carboxylic acids is 3. The van der Waals surface area contributed by atoms with E-state index in [4.69, 9.17) is 14.2 Å². The Morgan fingerprint density at radius 1 is 0.282 bits per heavy atom. The molecule has 0 aliphatic heterocycles. The van der Waals surface area contributed by atoms with Crippen LogP contribution in [0, 0.1) is 11.8 Å². The molecule has 71 heavy (non-hydrogen) atoms. The van der Waals surface area contributed by atoms with Gasteiger partial charge in [-0.25, -0.2) is 0 Å². The SMILES string of the molecule is CCCCCCCCCCCCCCCCCCCCCC(=O)OC[C@H](COC(=O)CCCCCCCCCCC(C)CC)OC(=O)CCCCCCCCCCCCCCCCCCCCC(C)CC. The molecule has 0 fully saturated rings. The quantitative estimate of drug-likeness (QED) is 0.0343. The summed E-state index contributed by atoms with van der Waals surface area (Å²) in [5, 5.41) is 0. The molecule has 6 heteroatoms. The van der Waals surface area contributed by atoms with Crippen molar-refractivity contribution in [1.82, 2.24) is 0 Å². The first-order valence-electron chi connectivity index (χ1n) is 32.3. The van der Waals surface area contributed by atoms with E-state index < -0.39 is 6.10 Å². The molecular weight excluding hydrogens is 877 g/mol. The van der Waals surface area contributed by atoms with Gasteiger partial charge in [-0.3, -0.25) is 14.4 Å². The number of rotatable bonds is 59. The third kappa shape index (κ3) is 56.0. The summed E-state index contributed by atoms with van der Waals surface area (Å²) in [6.07, 6.45) is 63.9. The average Bonchev–Trinajstić information content (AvgIpc) is 3.37. The van der Waals surface area contributed by atoms with E-state index in [0.29, 0.717) is 19.3 Å². The second-order valence-electron chi connectivity index (χ2n) is 22.9. The van der Waals surface area contributed by atoms with Crippen molar-refractivity contribution < 1.29 is 28.6 Å². The van der Waals surface area contributed by atoms with E-state index in [0.717, 1.165) is 69.6 Å². The predicted octanol–water partition coefficient (Wildman–Crippen LogP) is 21.6. The van der Waals surface area contributed by atoms with Crippen LogP contribution >= 0.6 is 0 Å². The second kappa shape index (κ2) is 57.7. The lowest BCUT2D eigenvalue weighted by atomic mass is 9.99. The van der Waals surface area contributed by atoms with Gasteiger partial charge in [0, 0.05) is 19.3 Å². The van der Waals surface area contributed by atoms with E-state index in [1.807, 2.05) is 0 Å². The van der Waals surface area contributed by atoms with E-state index in [2.05, 4.69) is 34.6 Å². The first-order chi connectivity index (χ1) is 34.8. The molecule has 0 bridgehead atoms. The molecule has 6 nitrogen and oxygen atoms in total. The van der Waals surface area contributed by atoms with Crippen LogP contribution in [0.3, 0.4) is 0 Å². The van der Waals surface area contributed by atoms with Crippen molar-refractivity contribution in [3.63, 3.8) is 0 Å². The molecule has 0 heterocycles. The predicted molar refractivity (Wildman–Crippen MR) is 307 cm³/mol. The molecule has 0 aromatic heterocycles. The van der Waals surface area contributed by atoms with Crippen molar-refractivity contribution in [3.05, 3.63) is 0 Å². The molecule has 0 aromatic rings. The third-order valence-corrected chi connectivity index (χ3v) is 15.7. The number of hydrogen-bond acceptors (Lipinski definition) is 6. The molecular formula is C65H126O6. The molecule has 0 aliphatic rings. The Labute approximate surface area is 444 Å². The van der Waals surface area contributed by atoms with Crippen LogP contribution in [0.25, 0.3) is 0 Å². The first-order valence-corrected chi connectivity index (χ1v) is 32.3. The fourth-order valence-electron chi connectivity index (χ4n) is 10.0. The fourth-order valence-corrected chi connectivity index (χ4v) is 10.0. The van der Waals surface area contributed by atoms with Crippen LogP contribution in [0.4, 0.5) is 0 Å². The summed E-state index contributed by atoms with van der Waals surface area (Å²) in [6.45, 7) is 11.5. The molecule has 422 valence electrons. The van der Waals surface area contributed by atoms with Crippen LogP contribution < -0.4 is 0 Å². The smallest absolute Gasteiger partial charge is 0.306 e. The van der Waals surface area contributed by atoms with Crippen LogP contribution in [0.2, 0.25) is 0 Å². The van der Waals surface area contributed by atoms with E-state index >= 15 is 0 Å². The topological polar surface area (TPSA) is 78.9 Å². The Hall–Kier alpha value is -1.59. The Morgan fingerprint density at radius 2 is 0.493 bits per heavy atom. The summed E-state index contributed by atoms with van der Waals surface area (Å²) in [5.74, 6) is 0.923. The maximum atomic E-state index is 12.9. The lowest BCUT2D eigenvalue weighted by Gasteiger charge is -2.18. The molecule has 0 spiro atoms. The summed E-state index contributed by atoms with van der Waals surface area (Å²) in [7, 11) is 0. The highest BCUT2D eigenvalue weighted by molar-refractivity contribution is 5.71. The number of ether oxygens (including phenoxy) is 3. The molecule has 0 N–H and O–H groups in total. The maximum Gasteiger partial charge on any atom is 0.306 e. The third-order valence-electron chi connectivity index (χ3n) is 15.7. The highest BCUT2D eigenvalue weighted by Gasteiger charge is 2.19. The zero-order valence-electron chi connectivity index (χ0n) is 48.9. The van der Waals surface area contributed by atoms with Gasteiger partial charge in [-0.2, -0.15) is 0 Å². The first kappa shape index (κ1) is 69.4. The lowest BCUT2D eigenvalue weighted by molar-refractivity contribution is -0.167. The van der Waals surface area contributed by atoms with E-state index in [1.54, 1.807) is 0 Å². The molecule has 0 aromatic carbocycles. The van der Waals surface area contributed by atoms with Crippen LogP contribution in [0.5, 0.6) is 0 Å². The summed E-state index contributed by atoms with van der Waals surface area (Å²) in [6, 6.07) is 0. The molecule has 0 amide bonds. The van der Waals surface area contributed by atoms with Crippen molar-refractivity contribution in [1.29, 1.82) is 0 Å². The average molecular weight is 1000 g/mol. The summed E-state index contributed by atoms with van der Waals surface area (Å²) in [5.41, 5.74) is 0. The summed E-state index contributed by atoms with van der Waals surface area (Å²) < 4.78 is 16.9. The van der Waals surface area contributed by atoms with Gasteiger partial charge in [0.25, 0.3) is 0 Å². The zero-order valence-corrected chi connectivity index (χ0v) is 48.9. The van der Waals surface area contributed by atoms with Gasteiger partial charge in [0.2, 0.25) is 0 Å². The Kier molecular flexibility index (Phi) is 56.4. The van der Waals surface area contributed by atoms with Gasteiger partial charge < -0.3 is 14.2 Å². The Bertz CT molecular complexity index is 1090. The van der Waals surface area contributed by atoms with Gasteiger partial charge in [-0.05, 0) is 31.1 Å². The number of carbonyl (C=O) groups is 3. The molecule has 0 saturated heterocycles. The molecule has 0 rings (SSSR count). The van der Waals surface area contributed by atoms with Gasteiger partial charge in [0.1, 0.15) is 13.2 Å². The molecule has 3 atom stereocenters. The minimum Gasteiger partial charge on any atom is -0.462 e. The lowest BCUT2D eigenvalue weighted by Crippen LogP contribution is -2.30. The van der Waals surface area contributed by atoms with Gasteiger partial charge in [-0.1, -0.05) is 330 Å². The fraction of sp³-hybridized carbons (Fsp3) is 0.954. The van der Waals surface area contributed by atoms with Crippen molar-refractivity contribution in [2.24, 2.45) is 11.8 Å². The van der Waals surface area contributed by atoms with E-state index in [9.17, 15) is 14.4 Å². The van der Waals surface area contributed by atoms with Crippen molar-refractivity contribution in [2.45, 2.75) is 375 Å². The highest BCUT2D eigenvalue weighted by Crippen LogP contribution is 2.20. The number of esters is 3. The normalized spacial score (nSPS) is 12.8. The van der Waals surface area contributed by atoms with Crippen LogP contribution in [0.15, 0.2) is 0 Å². The molecule has 2 unspecified atom stereocenters. The second-order valence-corrected chi connectivity index (χ2v) is 22.9. The van der Waals surface area contributed by atoms with E-state index in [-0.39, 0.29) is 31.1 Å². The van der Waals surface area contributed by atoms with Crippen molar-refractivity contribution >= 4 is 17.9 Å².